The molecule has 0 fully saturated rings. The minimum atomic E-state index is -0.117. The number of pyridine rings is 2. The van der Waals surface area contributed by atoms with E-state index in [0.29, 0.717) is 19.0 Å². The fourth-order valence-corrected chi connectivity index (χ4v) is 3.81. The molecule has 4 aromatic rings. The molecule has 0 N–H and O–H groups in total. The second-order valence-corrected chi connectivity index (χ2v) is 8.03. The second-order valence-electron chi connectivity index (χ2n) is 8.03. The van der Waals surface area contributed by atoms with Crippen LogP contribution >= 0.6 is 0 Å². The zero-order chi connectivity index (χ0) is 22.7. The van der Waals surface area contributed by atoms with Crippen molar-refractivity contribution in [2.75, 3.05) is 6.61 Å². The fourth-order valence-electron chi connectivity index (χ4n) is 3.81. The minimum Gasteiger partial charge on any atom is -0.466 e. The number of hydrogen-bond acceptors (Lipinski definition) is 5. The number of ether oxygens (including phenoxy) is 1. The highest BCUT2D eigenvalue weighted by Crippen LogP contribution is 2.27. The zero-order valence-electron chi connectivity index (χ0n) is 18.9. The van der Waals surface area contributed by atoms with Crippen LogP contribution in [0.1, 0.15) is 27.9 Å². The van der Waals surface area contributed by atoms with Crippen molar-refractivity contribution in [3.63, 3.8) is 0 Å². The highest BCUT2D eigenvalue weighted by molar-refractivity contribution is 5.85. The van der Waals surface area contributed by atoms with E-state index in [1.807, 2.05) is 57.3 Å². The summed E-state index contributed by atoms with van der Waals surface area (Å²) in [6.07, 6.45) is 3.51. The van der Waals surface area contributed by atoms with Gasteiger partial charge in [0.05, 0.1) is 5.39 Å². The van der Waals surface area contributed by atoms with Crippen LogP contribution in [0.25, 0.3) is 11.0 Å². The van der Waals surface area contributed by atoms with Crippen molar-refractivity contribution in [2.45, 2.75) is 33.9 Å². The summed E-state index contributed by atoms with van der Waals surface area (Å²) in [6, 6.07) is 13.9. The Balaban J connectivity index is 1.56. The summed E-state index contributed by atoms with van der Waals surface area (Å²) < 4.78 is 7.62. The largest absolute Gasteiger partial charge is 0.466 e. The summed E-state index contributed by atoms with van der Waals surface area (Å²) in [5.41, 5.74) is 5.90. The lowest BCUT2D eigenvalue weighted by Gasteiger charge is -2.23. The number of aryl methyl sites for hydroxylation is 4. The van der Waals surface area contributed by atoms with E-state index in [2.05, 4.69) is 28.1 Å². The van der Waals surface area contributed by atoms with Crippen LogP contribution in [0.15, 0.2) is 54.9 Å². The average Bonchev–Trinajstić information content (AvgIpc) is 3.09. The lowest BCUT2D eigenvalue weighted by Crippen LogP contribution is -2.34. The summed E-state index contributed by atoms with van der Waals surface area (Å²) in [5, 5.41) is 5.29. The van der Waals surface area contributed by atoms with E-state index in [4.69, 9.17) is 4.74 Å². The number of carbonyl (C=O) groups is 1. The molecule has 0 unspecified atom stereocenters. The summed E-state index contributed by atoms with van der Waals surface area (Å²) in [7, 11) is 1.83. The molecule has 1 aromatic carbocycles. The summed E-state index contributed by atoms with van der Waals surface area (Å²) in [5.74, 6) is 0.312. The minimum absolute atomic E-state index is 0.106. The second kappa shape index (κ2) is 9.18. The van der Waals surface area contributed by atoms with Crippen molar-refractivity contribution in [3.05, 3.63) is 82.8 Å². The van der Waals surface area contributed by atoms with E-state index in [-0.39, 0.29) is 12.5 Å². The van der Waals surface area contributed by atoms with E-state index in [1.165, 1.54) is 0 Å². The van der Waals surface area contributed by atoms with Gasteiger partial charge in [0.15, 0.2) is 12.3 Å². The maximum absolute atomic E-state index is 13.2. The quantitative estimate of drug-likeness (QED) is 0.446. The summed E-state index contributed by atoms with van der Waals surface area (Å²) in [4.78, 5) is 23.8. The molecular formula is C25H27N5O2. The highest BCUT2D eigenvalue weighted by atomic mass is 16.5. The van der Waals surface area contributed by atoms with Gasteiger partial charge in [-0.3, -0.25) is 9.78 Å². The van der Waals surface area contributed by atoms with E-state index in [1.54, 1.807) is 22.0 Å². The number of amides is 1. The van der Waals surface area contributed by atoms with Crippen LogP contribution in [0.5, 0.6) is 5.88 Å². The number of benzene rings is 1. The Kier molecular flexibility index (Phi) is 6.16. The lowest BCUT2D eigenvalue weighted by atomic mass is 10.1. The van der Waals surface area contributed by atoms with Gasteiger partial charge in [-0.05, 0) is 55.2 Å². The first-order valence-corrected chi connectivity index (χ1v) is 10.6. The Bertz CT molecular complexity index is 1250. The van der Waals surface area contributed by atoms with Crippen LogP contribution in [-0.4, -0.2) is 37.2 Å². The van der Waals surface area contributed by atoms with Crippen LogP contribution < -0.4 is 4.74 Å². The fraction of sp³-hybridized carbons (Fsp3) is 0.280. The zero-order valence-corrected chi connectivity index (χ0v) is 18.9. The first kappa shape index (κ1) is 21.5. The van der Waals surface area contributed by atoms with Gasteiger partial charge >= 0.3 is 0 Å². The highest BCUT2D eigenvalue weighted by Gasteiger charge is 2.20. The number of nitrogens with zero attached hydrogens (tertiary/aromatic N) is 5. The molecule has 3 aromatic heterocycles. The van der Waals surface area contributed by atoms with E-state index < -0.39 is 0 Å². The predicted octanol–water partition coefficient (Wildman–Crippen LogP) is 3.90. The molecule has 0 aliphatic carbocycles. The first-order valence-electron chi connectivity index (χ1n) is 10.6. The van der Waals surface area contributed by atoms with Crippen molar-refractivity contribution in [1.29, 1.82) is 0 Å². The average molecular weight is 430 g/mol. The normalized spacial score (nSPS) is 11.0. The van der Waals surface area contributed by atoms with Gasteiger partial charge < -0.3 is 9.64 Å². The van der Waals surface area contributed by atoms with Gasteiger partial charge in [0, 0.05) is 38.2 Å². The summed E-state index contributed by atoms with van der Waals surface area (Å²) in [6.45, 7) is 6.84. The number of rotatable bonds is 7. The molecule has 7 nitrogen and oxygen atoms in total. The first-order chi connectivity index (χ1) is 15.4. The number of carbonyl (C=O) groups excluding carboxylic acids is 1. The molecule has 32 heavy (non-hydrogen) atoms. The molecule has 0 saturated carbocycles. The maximum atomic E-state index is 13.2. The standard InChI is InChI=1S/C25H27N5O2/c1-17-8-5-6-10-21(17)15-30(14-20-9-7-11-26-13-20)22(31)16-32-25-23-18(2)12-19(3)27-24(23)29(4)28-25/h5-13H,14-16H2,1-4H3. The molecule has 0 atom stereocenters. The molecule has 0 spiro atoms. The third-order valence-electron chi connectivity index (χ3n) is 5.49. The topological polar surface area (TPSA) is 73.1 Å². The predicted molar refractivity (Wildman–Crippen MR) is 123 cm³/mol. The Labute approximate surface area is 187 Å². The Morgan fingerprint density at radius 2 is 1.88 bits per heavy atom. The van der Waals surface area contributed by atoms with Crippen molar-refractivity contribution in [1.82, 2.24) is 24.6 Å². The van der Waals surface area contributed by atoms with E-state index in [0.717, 1.165) is 39.0 Å². The van der Waals surface area contributed by atoms with Crippen molar-refractivity contribution >= 4 is 16.9 Å². The Morgan fingerprint density at radius 1 is 1.06 bits per heavy atom. The van der Waals surface area contributed by atoms with Crippen molar-refractivity contribution in [3.8, 4) is 5.88 Å². The SMILES string of the molecule is Cc1cc(C)c2c(OCC(=O)N(Cc3cccnc3)Cc3ccccc3C)nn(C)c2n1. The van der Waals surface area contributed by atoms with Crippen molar-refractivity contribution in [2.24, 2.45) is 7.05 Å². The van der Waals surface area contributed by atoms with Crippen LogP contribution in [0.2, 0.25) is 0 Å². The summed E-state index contributed by atoms with van der Waals surface area (Å²) >= 11 is 0. The van der Waals surface area contributed by atoms with Crippen LogP contribution in [0.3, 0.4) is 0 Å². The van der Waals surface area contributed by atoms with Gasteiger partial charge in [-0.2, -0.15) is 0 Å². The molecule has 4 rings (SSSR count). The Hall–Kier alpha value is -3.74. The molecule has 0 radical (unpaired) electrons. The molecule has 7 heteroatoms. The molecule has 0 aliphatic rings. The smallest absolute Gasteiger partial charge is 0.261 e. The molecule has 1 amide bonds. The number of hydrogen-bond donors (Lipinski definition) is 0. The van der Waals surface area contributed by atoms with Gasteiger partial charge in [0.25, 0.3) is 5.91 Å². The van der Waals surface area contributed by atoms with Gasteiger partial charge in [-0.25, -0.2) is 9.67 Å². The number of aromatic nitrogens is 4. The molecule has 0 saturated heterocycles. The lowest BCUT2D eigenvalue weighted by molar-refractivity contribution is -0.134. The van der Waals surface area contributed by atoms with E-state index >= 15 is 0 Å². The molecule has 0 bridgehead atoms. The van der Waals surface area contributed by atoms with Gasteiger partial charge in [-0.1, -0.05) is 30.3 Å². The third-order valence-corrected chi connectivity index (χ3v) is 5.49. The van der Waals surface area contributed by atoms with Gasteiger partial charge in [0.1, 0.15) is 0 Å². The van der Waals surface area contributed by atoms with Crippen LogP contribution in [-0.2, 0) is 24.9 Å². The molecule has 0 aliphatic heterocycles. The molecular weight excluding hydrogens is 402 g/mol. The van der Waals surface area contributed by atoms with E-state index in [9.17, 15) is 4.79 Å². The maximum Gasteiger partial charge on any atom is 0.261 e. The number of fused-ring (bicyclic) bond motifs is 1. The molecule has 3 heterocycles. The third kappa shape index (κ3) is 4.61. The van der Waals surface area contributed by atoms with Crippen molar-refractivity contribution < 1.29 is 9.53 Å². The van der Waals surface area contributed by atoms with Gasteiger partial charge in [0.2, 0.25) is 5.88 Å². The monoisotopic (exact) mass is 429 g/mol. The Morgan fingerprint density at radius 3 is 2.62 bits per heavy atom. The molecule has 164 valence electrons. The van der Waals surface area contributed by atoms with Gasteiger partial charge in [-0.15, -0.1) is 5.10 Å². The van der Waals surface area contributed by atoms with Crippen LogP contribution in [0.4, 0.5) is 0 Å². The van der Waals surface area contributed by atoms with Crippen LogP contribution in [0, 0.1) is 20.8 Å².